The summed E-state index contributed by atoms with van der Waals surface area (Å²) in [5, 5.41) is 3.56. The predicted molar refractivity (Wildman–Crippen MR) is 180 cm³/mol. The highest BCUT2D eigenvalue weighted by Gasteiger charge is 2.01. The molecule has 14 nitrogen and oxygen atoms in total. The number of amides is 1. The molecule has 1 aromatic rings. The Kier molecular flexibility index (Phi) is 31.6. The summed E-state index contributed by atoms with van der Waals surface area (Å²) in [6, 6.07) is 0. The van der Waals surface area contributed by atoms with E-state index >= 15 is 0 Å². The first kappa shape index (κ1) is 43.8. The number of ketones is 1. The number of hydrogen-bond donors (Lipinski definition) is 1. The highest BCUT2D eigenvalue weighted by Crippen LogP contribution is 2.06. The van der Waals surface area contributed by atoms with Gasteiger partial charge in [-0.1, -0.05) is 23.6 Å². The molecule has 1 aromatic heterocycles. The van der Waals surface area contributed by atoms with Crippen molar-refractivity contribution in [2.24, 2.45) is 0 Å². The summed E-state index contributed by atoms with van der Waals surface area (Å²) in [5.74, 6) is 6.13. The van der Waals surface area contributed by atoms with Crippen molar-refractivity contribution in [1.82, 2.24) is 15.3 Å². The van der Waals surface area contributed by atoms with Gasteiger partial charge in [-0.25, -0.2) is 9.97 Å². The highest BCUT2D eigenvalue weighted by atomic mass is 32.2. The molecular weight excluding hydrogens is 646 g/mol. The number of thioether (sulfide) groups is 1. The molecule has 1 amide bonds. The average molecular weight is 702 g/mol. The Morgan fingerprint density at radius 1 is 0.667 bits per heavy atom. The molecule has 0 aliphatic rings. The van der Waals surface area contributed by atoms with Gasteiger partial charge in [-0.3, -0.25) is 9.59 Å². The fraction of sp³-hybridized carbons (Fsp3) is 0.758. The summed E-state index contributed by atoms with van der Waals surface area (Å²) in [6.07, 6.45) is 8.24. The smallest absolute Gasteiger partial charge is 0.220 e. The Bertz CT molecular complexity index is 964. The maximum atomic E-state index is 11.9. The van der Waals surface area contributed by atoms with E-state index in [-0.39, 0.29) is 18.3 Å². The van der Waals surface area contributed by atoms with Gasteiger partial charge in [0, 0.05) is 51.9 Å². The average Bonchev–Trinajstić information content (AvgIpc) is 3.09. The molecule has 0 saturated carbocycles. The number of ether oxygens (including phenoxy) is 9. The van der Waals surface area contributed by atoms with Crippen LogP contribution in [-0.2, 0) is 52.2 Å². The zero-order valence-corrected chi connectivity index (χ0v) is 29.5. The second kappa shape index (κ2) is 34.6. The Balaban J connectivity index is 1.70. The first-order valence-corrected chi connectivity index (χ1v) is 17.6. The second-order valence-corrected chi connectivity index (χ2v) is 10.7. The van der Waals surface area contributed by atoms with Crippen molar-refractivity contribution in [3.8, 4) is 11.8 Å². The van der Waals surface area contributed by atoms with Crippen molar-refractivity contribution in [1.29, 1.82) is 0 Å². The highest BCUT2D eigenvalue weighted by molar-refractivity contribution is 7.98. The molecule has 0 spiro atoms. The molecule has 274 valence electrons. The van der Waals surface area contributed by atoms with Gasteiger partial charge in [0.2, 0.25) is 5.91 Å². The monoisotopic (exact) mass is 701 g/mol. The predicted octanol–water partition coefficient (Wildman–Crippen LogP) is 1.97. The number of hydrogen-bond acceptors (Lipinski definition) is 14. The van der Waals surface area contributed by atoms with Crippen LogP contribution in [0.15, 0.2) is 17.6 Å². The van der Waals surface area contributed by atoms with Crippen LogP contribution in [0.4, 0.5) is 0 Å². The van der Waals surface area contributed by atoms with E-state index in [1.807, 2.05) is 6.26 Å². The number of unbranched alkanes of at least 4 members (excludes halogenated alkanes) is 1. The van der Waals surface area contributed by atoms with E-state index < -0.39 is 0 Å². The van der Waals surface area contributed by atoms with Crippen molar-refractivity contribution >= 4 is 23.5 Å². The number of Topliss-reactive ketones (excluding diaryl/α,β-unsaturated/α-hetero) is 1. The van der Waals surface area contributed by atoms with Gasteiger partial charge in [0.15, 0.2) is 10.9 Å². The molecular formula is C33H55N3O11S. The quantitative estimate of drug-likeness (QED) is 0.0482. The van der Waals surface area contributed by atoms with Crippen LogP contribution in [0.1, 0.15) is 37.7 Å². The van der Waals surface area contributed by atoms with E-state index in [1.54, 1.807) is 12.4 Å². The second-order valence-electron chi connectivity index (χ2n) is 9.94. The van der Waals surface area contributed by atoms with Crippen molar-refractivity contribution < 1.29 is 52.2 Å². The van der Waals surface area contributed by atoms with Crippen LogP contribution in [0.5, 0.6) is 0 Å². The van der Waals surface area contributed by atoms with Crippen molar-refractivity contribution in [2.45, 2.75) is 37.3 Å². The molecule has 0 fully saturated rings. The van der Waals surface area contributed by atoms with Gasteiger partial charge >= 0.3 is 0 Å². The topological polar surface area (TPSA) is 155 Å². The van der Waals surface area contributed by atoms with Gasteiger partial charge < -0.3 is 47.9 Å². The number of carbonyl (C=O) groups excluding carboxylic acids is 2. The number of rotatable bonds is 34. The molecule has 0 atom stereocenters. The van der Waals surface area contributed by atoms with Gasteiger partial charge in [-0.15, -0.1) is 0 Å². The Hall–Kier alpha value is -2.23. The molecule has 0 saturated heterocycles. The summed E-state index contributed by atoms with van der Waals surface area (Å²) in [7, 11) is 1.51. The number of nitrogens with one attached hydrogen (secondary N) is 1. The zero-order chi connectivity index (χ0) is 34.6. The third-order valence-corrected chi connectivity index (χ3v) is 6.55. The standard InChI is InChI=1S/C33H55N3O11S/c1-39-29-31(37)8-6-11-40-13-15-42-17-19-44-21-23-46-25-26-47-24-22-45-20-18-43-16-14-41-12-10-34-32(38)9-5-3-4-7-30-27-35-33(48-2)36-28-30/h27-28H,3,5-6,8-26,29H2,1-2H3,(H,34,38). The lowest BCUT2D eigenvalue weighted by Crippen LogP contribution is -2.27. The fourth-order valence-corrected chi connectivity index (χ4v) is 3.90. The van der Waals surface area contributed by atoms with Crippen LogP contribution < -0.4 is 5.32 Å². The molecule has 0 bridgehead atoms. The normalized spacial score (nSPS) is 11.0. The summed E-state index contributed by atoms with van der Waals surface area (Å²) in [6.45, 7) is 8.33. The molecule has 1 N–H and O–H groups in total. The summed E-state index contributed by atoms with van der Waals surface area (Å²) >= 11 is 1.48. The van der Waals surface area contributed by atoms with Crippen LogP contribution in [0.2, 0.25) is 0 Å². The largest absolute Gasteiger partial charge is 0.379 e. The fourth-order valence-electron chi connectivity index (χ4n) is 3.59. The van der Waals surface area contributed by atoms with Gasteiger partial charge in [-0.2, -0.15) is 0 Å². The van der Waals surface area contributed by atoms with E-state index in [0.717, 1.165) is 10.7 Å². The molecule has 0 radical (unpaired) electrons. The minimum absolute atomic E-state index is 0.0119. The van der Waals surface area contributed by atoms with Crippen LogP contribution in [0.25, 0.3) is 0 Å². The SMILES string of the molecule is COCC(=O)CCCOCCOCCOCCOCCOCCOCCOCCOCCNC(=O)CCCC#Cc1cnc(SC)nc1. The maximum Gasteiger partial charge on any atom is 0.220 e. The molecule has 48 heavy (non-hydrogen) atoms. The van der Waals surface area contributed by atoms with Crippen LogP contribution in [0, 0.1) is 11.8 Å². The Labute approximate surface area is 289 Å². The summed E-state index contributed by atoms with van der Waals surface area (Å²) < 4.78 is 48.4. The minimum atomic E-state index is -0.0119. The van der Waals surface area contributed by atoms with E-state index in [0.29, 0.717) is 144 Å². The van der Waals surface area contributed by atoms with E-state index in [9.17, 15) is 9.59 Å². The lowest BCUT2D eigenvalue weighted by Gasteiger charge is -2.09. The summed E-state index contributed by atoms with van der Waals surface area (Å²) in [5.41, 5.74) is 0.772. The first-order chi connectivity index (χ1) is 23.7. The first-order valence-electron chi connectivity index (χ1n) is 16.4. The lowest BCUT2D eigenvalue weighted by atomic mass is 10.2. The lowest BCUT2D eigenvalue weighted by molar-refractivity contribution is -0.123. The number of nitrogens with zero attached hydrogens (tertiary/aromatic N) is 2. The van der Waals surface area contributed by atoms with E-state index in [4.69, 9.17) is 42.6 Å². The van der Waals surface area contributed by atoms with Gasteiger partial charge in [-0.05, 0) is 19.1 Å². The molecule has 0 aliphatic heterocycles. The van der Waals surface area contributed by atoms with Gasteiger partial charge in [0.1, 0.15) is 6.61 Å². The van der Waals surface area contributed by atoms with Crippen LogP contribution in [-0.4, -0.2) is 154 Å². The zero-order valence-electron chi connectivity index (χ0n) is 28.7. The van der Waals surface area contributed by atoms with Gasteiger partial charge in [0.25, 0.3) is 0 Å². The Morgan fingerprint density at radius 2 is 1.12 bits per heavy atom. The molecule has 0 unspecified atom stereocenters. The van der Waals surface area contributed by atoms with Crippen LogP contribution >= 0.6 is 11.8 Å². The third-order valence-electron chi connectivity index (χ3n) is 5.97. The van der Waals surface area contributed by atoms with E-state index in [2.05, 4.69) is 27.1 Å². The van der Waals surface area contributed by atoms with Crippen LogP contribution in [0.3, 0.4) is 0 Å². The molecule has 0 aromatic carbocycles. The van der Waals surface area contributed by atoms with Crippen molar-refractivity contribution in [3.63, 3.8) is 0 Å². The number of methoxy groups -OCH3 is 1. The third kappa shape index (κ3) is 29.9. The minimum Gasteiger partial charge on any atom is -0.379 e. The maximum absolute atomic E-state index is 11.9. The van der Waals surface area contributed by atoms with Crippen molar-refractivity contribution in [2.75, 3.05) is 132 Å². The Morgan fingerprint density at radius 3 is 1.58 bits per heavy atom. The molecule has 0 aliphatic carbocycles. The molecule has 15 heteroatoms. The number of aromatic nitrogens is 2. The number of carbonyl (C=O) groups is 2. The molecule has 1 heterocycles. The van der Waals surface area contributed by atoms with Gasteiger partial charge in [0.05, 0.1) is 105 Å². The summed E-state index contributed by atoms with van der Waals surface area (Å²) in [4.78, 5) is 31.5. The van der Waals surface area contributed by atoms with Crippen molar-refractivity contribution in [3.05, 3.63) is 18.0 Å². The van der Waals surface area contributed by atoms with E-state index in [1.165, 1.54) is 18.9 Å². The molecule has 1 rings (SSSR count).